The number of hydrogen-bond acceptors (Lipinski definition) is 4. The number of amides is 5. The van der Waals surface area contributed by atoms with Crippen LogP contribution in [0.15, 0.2) is 24.3 Å². The molecule has 2 aliphatic heterocycles. The van der Waals surface area contributed by atoms with Crippen molar-refractivity contribution in [1.29, 1.82) is 0 Å². The Morgan fingerprint density at radius 3 is 2.56 bits per heavy atom. The third-order valence-corrected chi connectivity index (χ3v) is 4.33. The van der Waals surface area contributed by atoms with Crippen molar-refractivity contribution in [2.45, 2.75) is 38.3 Å². The maximum absolute atomic E-state index is 11.9. The van der Waals surface area contributed by atoms with Crippen LogP contribution in [0.2, 0.25) is 0 Å². The fourth-order valence-corrected chi connectivity index (χ4v) is 2.94. The number of nitrogens with one attached hydrogen (secondary N) is 3. The molecule has 2 heterocycles. The zero-order chi connectivity index (χ0) is 17.8. The first-order valence-electron chi connectivity index (χ1n) is 8.30. The zero-order valence-electron chi connectivity index (χ0n) is 13.7. The molecular formula is C17H20N4O4. The minimum absolute atomic E-state index is 0.143. The van der Waals surface area contributed by atoms with Crippen molar-refractivity contribution in [1.82, 2.24) is 16.0 Å². The van der Waals surface area contributed by atoms with E-state index in [0.29, 0.717) is 13.0 Å². The Hall–Kier alpha value is -2.90. The molecule has 0 bridgehead atoms. The molecule has 8 heteroatoms. The molecule has 1 atom stereocenters. The zero-order valence-corrected chi connectivity index (χ0v) is 13.7. The van der Waals surface area contributed by atoms with Crippen LogP contribution in [0.1, 0.15) is 31.2 Å². The Morgan fingerprint density at radius 1 is 1.20 bits per heavy atom. The maximum Gasteiger partial charge on any atom is 0.322 e. The summed E-state index contributed by atoms with van der Waals surface area (Å²) in [6.07, 6.45) is 1.89. The van der Waals surface area contributed by atoms with Gasteiger partial charge in [0, 0.05) is 31.6 Å². The summed E-state index contributed by atoms with van der Waals surface area (Å²) in [5.74, 6) is -0.443. The average molecular weight is 344 g/mol. The first kappa shape index (κ1) is 16.9. The van der Waals surface area contributed by atoms with Gasteiger partial charge in [0.05, 0.1) is 0 Å². The summed E-state index contributed by atoms with van der Waals surface area (Å²) in [6.45, 7) is 1.12. The van der Waals surface area contributed by atoms with Crippen LogP contribution in [0.4, 0.5) is 10.5 Å². The van der Waals surface area contributed by atoms with E-state index in [4.69, 9.17) is 0 Å². The van der Waals surface area contributed by atoms with Crippen molar-refractivity contribution in [2.24, 2.45) is 0 Å². The van der Waals surface area contributed by atoms with E-state index in [1.54, 1.807) is 4.90 Å². The third kappa shape index (κ3) is 4.14. The second-order valence-electron chi connectivity index (χ2n) is 6.15. The van der Waals surface area contributed by atoms with E-state index in [2.05, 4.69) is 16.0 Å². The fraction of sp³-hybridized carbons (Fsp3) is 0.412. The number of imide groups is 1. The summed E-state index contributed by atoms with van der Waals surface area (Å²) in [4.78, 5) is 47.7. The molecule has 25 heavy (non-hydrogen) atoms. The highest BCUT2D eigenvalue weighted by Gasteiger charge is 2.29. The predicted octanol–water partition coefficient (Wildman–Crippen LogP) is 0.418. The van der Waals surface area contributed by atoms with E-state index in [1.807, 2.05) is 24.3 Å². The number of rotatable bonds is 6. The highest BCUT2D eigenvalue weighted by Crippen LogP contribution is 2.21. The van der Waals surface area contributed by atoms with Gasteiger partial charge < -0.3 is 15.5 Å². The molecule has 1 aromatic rings. The second kappa shape index (κ2) is 7.33. The van der Waals surface area contributed by atoms with Crippen LogP contribution in [0.25, 0.3) is 0 Å². The second-order valence-corrected chi connectivity index (χ2v) is 6.15. The highest BCUT2D eigenvalue weighted by molar-refractivity contribution is 6.04. The normalized spacial score (nSPS) is 19.8. The molecule has 3 rings (SSSR count). The molecule has 0 radical (unpaired) electrons. The summed E-state index contributed by atoms with van der Waals surface area (Å²) < 4.78 is 0. The van der Waals surface area contributed by atoms with E-state index in [9.17, 15) is 19.2 Å². The number of nitrogens with zero attached hydrogens (tertiary/aromatic N) is 1. The summed E-state index contributed by atoms with van der Waals surface area (Å²) in [5, 5.41) is 7.37. The number of benzene rings is 1. The van der Waals surface area contributed by atoms with Gasteiger partial charge in [-0.25, -0.2) is 4.79 Å². The molecule has 2 aliphatic rings. The lowest BCUT2D eigenvalue weighted by Gasteiger charge is -2.16. The quantitative estimate of drug-likeness (QED) is 0.650. The summed E-state index contributed by atoms with van der Waals surface area (Å²) in [5.41, 5.74) is 1.80. The summed E-state index contributed by atoms with van der Waals surface area (Å²) >= 11 is 0. The molecule has 3 N–H and O–H groups in total. The lowest BCUT2D eigenvalue weighted by molar-refractivity contribution is -0.122. The number of hydrogen-bond donors (Lipinski definition) is 3. The first-order valence-corrected chi connectivity index (χ1v) is 8.30. The van der Waals surface area contributed by atoms with E-state index >= 15 is 0 Å². The smallest absolute Gasteiger partial charge is 0.322 e. The van der Waals surface area contributed by atoms with Gasteiger partial charge in [-0.2, -0.15) is 0 Å². The molecule has 0 aliphatic carbocycles. The van der Waals surface area contributed by atoms with Crippen molar-refractivity contribution in [3.63, 3.8) is 0 Å². The SMILES string of the molecule is O=C(CC[C@@H]1NC(=O)NC1=O)NCc1ccc(N2CCCC2=O)cc1. The van der Waals surface area contributed by atoms with E-state index < -0.39 is 18.0 Å². The van der Waals surface area contributed by atoms with Gasteiger partial charge in [0.2, 0.25) is 11.8 Å². The molecule has 8 nitrogen and oxygen atoms in total. The minimum atomic E-state index is -0.643. The van der Waals surface area contributed by atoms with E-state index in [-0.39, 0.29) is 24.7 Å². The largest absolute Gasteiger partial charge is 0.352 e. The molecule has 1 aromatic carbocycles. The predicted molar refractivity (Wildman–Crippen MR) is 89.6 cm³/mol. The highest BCUT2D eigenvalue weighted by atomic mass is 16.2. The van der Waals surface area contributed by atoms with Gasteiger partial charge >= 0.3 is 6.03 Å². The van der Waals surface area contributed by atoms with Crippen LogP contribution in [-0.4, -0.2) is 36.3 Å². The maximum atomic E-state index is 11.9. The first-order chi connectivity index (χ1) is 12.0. The van der Waals surface area contributed by atoms with Gasteiger partial charge in [0.25, 0.3) is 5.91 Å². The van der Waals surface area contributed by atoms with Gasteiger partial charge in [-0.05, 0) is 30.5 Å². The molecule has 0 aromatic heterocycles. The van der Waals surface area contributed by atoms with Crippen molar-refractivity contribution in [3.8, 4) is 0 Å². The Labute approximate surface area is 144 Å². The lowest BCUT2D eigenvalue weighted by atomic mass is 10.1. The Bertz CT molecular complexity index is 701. The van der Waals surface area contributed by atoms with Crippen LogP contribution in [0, 0.1) is 0 Å². The molecule has 5 amide bonds. The molecule has 0 spiro atoms. The van der Waals surface area contributed by atoms with E-state index in [0.717, 1.165) is 24.2 Å². The van der Waals surface area contributed by atoms with Crippen molar-refractivity contribution >= 4 is 29.4 Å². The van der Waals surface area contributed by atoms with Gasteiger partial charge in [-0.1, -0.05) is 12.1 Å². The van der Waals surface area contributed by atoms with Gasteiger partial charge in [-0.3, -0.25) is 19.7 Å². The average Bonchev–Trinajstić information content (AvgIpc) is 3.16. The van der Waals surface area contributed by atoms with E-state index in [1.165, 1.54) is 0 Å². The van der Waals surface area contributed by atoms with Crippen molar-refractivity contribution in [2.75, 3.05) is 11.4 Å². The molecule has 2 fully saturated rings. The van der Waals surface area contributed by atoms with Gasteiger partial charge in [-0.15, -0.1) is 0 Å². The van der Waals surface area contributed by atoms with Crippen molar-refractivity contribution in [3.05, 3.63) is 29.8 Å². The molecule has 0 unspecified atom stereocenters. The van der Waals surface area contributed by atoms with Crippen LogP contribution in [0.5, 0.6) is 0 Å². The molecule has 2 saturated heterocycles. The standard InChI is InChI=1S/C17H20N4O4/c22-14(8-7-13-16(24)20-17(25)19-13)18-10-11-3-5-12(6-4-11)21-9-1-2-15(21)23/h3-6,13H,1-2,7-10H2,(H,18,22)(H2,19,20,24,25)/t13-/m0/s1. The van der Waals surface area contributed by atoms with Crippen molar-refractivity contribution < 1.29 is 19.2 Å². The topological polar surface area (TPSA) is 108 Å². The monoisotopic (exact) mass is 344 g/mol. The summed E-state index contributed by atoms with van der Waals surface area (Å²) in [7, 11) is 0. The number of carbonyl (C=O) groups excluding carboxylic acids is 4. The Morgan fingerprint density at radius 2 is 1.96 bits per heavy atom. The third-order valence-electron chi connectivity index (χ3n) is 4.33. The molecular weight excluding hydrogens is 324 g/mol. The number of carbonyl (C=O) groups is 4. The molecule has 132 valence electrons. The Balaban J connectivity index is 1.43. The number of anilines is 1. The van der Waals surface area contributed by atoms with Crippen LogP contribution in [-0.2, 0) is 20.9 Å². The lowest BCUT2D eigenvalue weighted by Crippen LogP contribution is -2.31. The minimum Gasteiger partial charge on any atom is -0.352 e. The summed E-state index contributed by atoms with van der Waals surface area (Å²) in [6, 6.07) is 6.35. The number of urea groups is 1. The van der Waals surface area contributed by atoms with Gasteiger partial charge in [0.1, 0.15) is 6.04 Å². The fourth-order valence-electron chi connectivity index (χ4n) is 2.94. The molecule has 0 saturated carbocycles. The Kier molecular flexibility index (Phi) is 4.97. The van der Waals surface area contributed by atoms with Gasteiger partial charge in [0.15, 0.2) is 0 Å². The van der Waals surface area contributed by atoms with Crippen LogP contribution >= 0.6 is 0 Å². The van der Waals surface area contributed by atoms with Crippen LogP contribution < -0.4 is 20.9 Å². The van der Waals surface area contributed by atoms with Crippen LogP contribution in [0.3, 0.4) is 0 Å².